The second-order valence-corrected chi connectivity index (χ2v) is 6.27. The minimum absolute atomic E-state index is 0.503. The zero-order valence-electron chi connectivity index (χ0n) is 11.2. The van der Waals surface area contributed by atoms with Gasteiger partial charge in [-0.05, 0) is 18.4 Å². The van der Waals surface area contributed by atoms with E-state index in [4.69, 9.17) is 9.15 Å². The molecule has 6 nitrogen and oxygen atoms in total. The first-order chi connectivity index (χ1) is 10.3. The number of thioether (sulfide) groups is 1. The molecule has 0 aliphatic carbocycles. The van der Waals surface area contributed by atoms with E-state index in [9.17, 15) is 0 Å². The Kier molecular flexibility index (Phi) is 2.86. The van der Waals surface area contributed by atoms with Crippen molar-refractivity contribution in [1.29, 1.82) is 0 Å². The van der Waals surface area contributed by atoms with Crippen molar-refractivity contribution >= 4 is 39.2 Å². The van der Waals surface area contributed by atoms with E-state index in [-0.39, 0.29) is 0 Å². The highest BCUT2D eigenvalue weighted by atomic mass is 32.2. The summed E-state index contributed by atoms with van der Waals surface area (Å²) >= 11 is 3.13. The molecule has 0 unspecified atom stereocenters. The quantitative estimate of drug-likeness (QED) is 0.540. The lowest BCUT2D eigenvalue weighted by atomic mass is 10.3. The average molecular weight is 318 g/mol. The smallest absolute Gasteiger partial charge is 0.248 e. The van der Waals surface area contributed by atoms with Crippen LogP contribution in [0, 0.1) is 0 Å². The predicted octanol–water partition coefficient (Wildman–Crippen LogP) is 3.33. The molecule has 0 aliphatic heterocycles. The molecule has 0 bridgehead atoms. The van der Waals surface area contributed by atoms with Crippen LogP contribution >= 0.6 is 23.1 Å². The molecule has 0 saturated heterocycles. The summed E-state index contributed by atoms with van der Waals surface area (Å²) in [6, 6.07) is 5.54. The number of hydrogen-bond donors (Lipinski definition) is 0. The van der Waals surface area contributed by atoms with Gasteiger partial charge in [0, 0.05) is 6.07 Å². The molecule has 0 N–H and O–H groups in total. The summed E-state index contributed by atoms with van der Waals surface area (Å²) < 4.78 is 13.7. The Bertz CT molecular complexity index is 940. The fraction of sp³-hybridized carbons (Fsp3) is 0.154. The van der Waals surface area contributed by atoms with E-state index in [0.717, 1.165) is 26.3 Å². The minimum atomic E-state index is 0.503. The molecule has 4 aromatic rings. The Hall–Kier alpha value is -2.06. The Balaban J connectivity index is 1.89. The summed E-state index contributed by atoms with van der Waals surface area (Å²) in [5.41, 5.74) is 2.21. The molecule has 4 rings (SSSR count). The highest BCUT2D eigenvalue weighted by Crippen LogP contribution is 2.30. The molecular weight excluding hydrogens is 308 g/mol. The van der Waals surface area contributed by atoms with Gasteiger partial charge in [0.15, 0.2) is 9.92 Å². The van der Waals surface area contributed by atoms with Crippen molar-refractivity contribution in [2.24, 2.45) is 0 Å². The van der Waals surface area contributed by atoms with Gasteiger partial charge in [-0.2, -0.15) is 4.52 Å². The lowest BCUT2D eigenvalue weighted by molar-refractivity contribution is 0.414. The largest absolute Gasteiger partial charge is 0.497 e. The van der Waals surface area contributed by atoms with Crippen LogP contribution in [0.1, 0.15) is 0 Å². The van der Waals surface area contributed by atoms with E-state index in [1.54, 1.807) is 29.6 Å². The maximum atomic E-state index is 5.81. The van der Waals surface area contributed by atoms with E-state index in [1.165, 1.54) is 11.3 Å². The van der Waals surface area contributed by atoms with Crippen LogP contribution in [0.25, 0.3) is 27.6 Å². The van der Waals surface area contributed by atoms with Crippen molar-refractivity contribution in [3.63, 3.8) is 0 Å². The summed E-state index contributed by atoms with van der Waals surface area (Å²) in [6.45, 7) is 0. The molecule has 106 valence electrons. The maximum Gasteiger partial charge on any atom is 0.248 e. The van der Waals surface area contributed by atoms with Crippen LogP contribution in [-0.2, 0) is 0 Å². The van der Waals surface area contributed by atoms with Crippen LogP contribution in [0.5, 0.6) is 5.75 Å². The van der Waals surface area contributed by atoms with E-state index in [1.807, 2.05) is 24.5 Å². The molecule has 0 spiro atoms. The average Bonchev–Trinajstić information content (AvgIpc) is 3.18. The van der Waals surface area contributed by atoms with Crippen LogP contribution in [0.2, 0.25) is 0 Å². The number of ether oxygens (including phenoxy) is 1. The first-order valence-corrected chi connectivity index (χ1v) is 8.16. The van der Waals surface area contributed by atoms with Gasteiger partial charge in [-0.1, -0.05) is 23.1 Å². The highest BCUT2D eigenvalue weighted by Gasteiger charge is 2.16. The molecule has 8 heteroatoms. The molecule has 1 aromatic carbocycles. The second-order valence-electron chi connectivity index (χ2n) is 4.26. The Morgan fingerprint density at radius 1 is 1.38 bits per heavy atom. The van der Waals surface area contributed by atoms with Gasteiger partial charge >= 0.3 is 0 Å². The highest BCUT2D eigenvalue weighted by molar-refractivity contribution is 8.00. The zero-order chi connectivity index (χ0) is 14.4. The molecule has 0 atom stereocenters. The van der Waals surface area contributed by atoms with Gasteiger partial charge in [0.25, 0.3) is 0 Å². The maximum absolute atomic E-state index is 5.81. The van der Waals surface area contributed by atoms with Crippen molar-refractivity contribution in [2.45, 2.75) is 4.34 Å². The number of methoxy groups -OCH3 is 1. The van der Waals surface area contributed by atoms with Crippen molar-refractivity contribution in [2.75, 3.05) is 13.4 Å². The summed E-state index contributed by atoms with van der Waals surface area (Å²) in [7, 11) is 1.62. The number of rotatable bonds is 3. The van der Waals surface area contributed by atoms with Crippen LogP contribution in [0.4, 0.5) is 0 Å². The van der Waals surface area contributed by atoms with E-state index < -0.39 is 0 Å². The summed E-state index contributed by atoms with van der Waals surface area (Å²) in [5, 5.41) is 4.48. The molecule has 3 heterocycles. The van der Waals surface area contributed by atoms with Gasteiger partial charge < -0.3 is 9.15 Å². The van der Waals surface area contributed by atoms with Crippen LogP contribution < -0.4 is 4.74 Å². The molecule has 0 saturated carbocycles. The van der Waals surface area contributed by atoms with E-state index in [2.05, 4.69) is 15.1 Å². The molecule has 21 heavy (non-hydrogen) atoms. The topological polar surface area (TPSA) is 65.5 Å². The van der Waals surface area contributed by atoms with Crippen LogP contribution in [-0.4, -0.2) is 32.9 Å². The van der Waals surface area contributed by atoms with Crippen LogP contribution in [0.15, 0.2) is 33.2 Å². The normalized spacial score (nSPS) is 11.5. The number of oxazole rings is 1. The predicted molar refractivity (Wildman–Crippen MR) is 82.2 cm³/mol. The Morgan fingerprint density at radius 3 is 3.10 bits per heavy atom. The molecule has 3 aromatic heterocycles. The second kappa shape index (κ2) is 4.74. The fourth-order valence-electron chi connectivity index (χ4n) is 2.04. The van der Waals surface area contributed by atoms with Gasteiger partial charge in [-0.15, -0.1) is 5.10 Å². The van der Waals surface area contributed by atoms with Gasteiger partial charge in [-0.25, -0.2) is 9.97 Å². The first-order valence-electron chi connectivity index (χ1n) is 6.12. The zero-order valence-corrected chi connectivity index (χ0v) is 12.9. The van der Waals surface area contributed by atoms with Gasteiger partial charge in [0.05, 0.1) is 13.3 Å². The molecule has 0 amide bonds. The standard InChI is InChI=1S/C13H10N4O2S2/c1-18-7-3-4-8-10(5-7)19-11(15-8)9-6-14-12-17(9)16-13(20-2)21-12/h3-6H,1-2H3. The number of hydrogen-bond acceptors (Lipinski definition) is 7. The van der Waals surface area contributed by atoms with E-state index in [0.29, 0.717) is 11.5 Å². The van der Waals surface area contributed by atoms with Crippen molar-refractivity contribution in [3.05, 3.63) is 24.4 Å². The lowest BCUT2D eigenvalue weighted by Crippen LogP contribution is -1.88. The molecule has 0 aliphatic rings. The SMILES string of the molecule is COc1ccc2nc(-c3cnc4sc(SC)nn34)oc2c1. The Labute approximate surface area is 127 Å². The number of benzene rings is 1. The third-order valence-corrected chi connectivity index (χ3v) is 4.95. The van der Waals surface area contributed by atoms with E-state index >= 15 is 0 Å². The number of imidazole rings is 1. The van der Waals surface area contributed by atoms with Crippen molar-refractivity contribution in [1.82, 2.24) is 19.6 Å². The summed E-state index contributed by atoms with van der Waals surface area (Å²) in [5.74, 6) is 1.24. The third kappa shape index (κ3) is 1.98. The summed E-state index contributed by atoms with van der Waals surface area (Å²) in [6.07, 6.45) is 3.72. The molecular formula is C13H10N4O2S2. The Morgan fingerprint density at radius 2 is 2.29 bits per heavy atom. The number of nitrogens with zero attached hydrogens (tertiary/aromatic N) is 4. The van der Waals surface area contributed by atoms with Crippen molar-refractivity contribution in [3.8, 4) is 17.3 Å². The summed E-state index contributed by atoms with van der Waals surface area (Å²) in [4.78, 5) is 9.67. The van der Waals surface area contributed by atoms with Gasteiger partial charge in [-0.3, -0.25) is 0 Å². The van der Waals surface area contributed by atoms with Gasteiger partial charge in [0.2, 0.25) is 10.9 Å². The molecule has 0 fully saturated rings. The monoisotopic (exact) mass is 318 g/mol. The molecule has 0 radical (unpaired) electrons. The number of fused-ring (bicyclic) bond motifs is 2. The first kappa shape index (κ1) is 12.7. The van der Waals surface area contributed by atoms with Crippen molar-refractivity contribution < 1.29 is 9.15 Å². The van der Waals surface area contributed by atoms with Gasteiger partial charge in [0.1, 0.15) is 17.0 Å². The fourth-order valence-corrected chi connectivity index (χ4v) is 3.37. The van der Waals surface area contributed by atoms with Crippen LogP contribution in [0.3, 0.4) is 0 Å². The minimum Gasteiger partial charge on any atom is -0.497 e. The third-order valence-electron chi connectivity index (χ3n) is 3.06. The lowest BCUT2D eigenvalue weighted by Gasteiger charge is -1.95. The number of aromatic nitrogens is 4.